The van der Waals surface area contributed by atoms with Crippen molar-refractivity contribution in [3.05, 3.63) is 47.7 Å². The van der Waals surface area contributed by atoms with E-state index >= 15 is 0 Å². The first kappa shape index (κ1) is 25.5. The molecule has 198 valence electrons. The largest absolute Gasteiger partial charge is 0.467 e. The average molecular weight is 507 g/mol. The number of fused-ring (bicyclic) bond motifs is 2. The van der Waals surface area contributed by atoms with Crippen LogP contribution in [0.25, 0.3) is 10.8 Å². The zero-order chi connectivity index (χ0) is 25.8. The molecule has 0 spiro atoms. The fourth-order valence-electron chi connectivity index (χ4n) is 5.25. The first-order chi connectivity index (χ1) is 18.0. The molecule has 5 rings (SSSR count). The van der Waals surface area contributed by atoms with Crippen molar-refractivity contribution in [2.45, 2.75) is 26.0 Å². The van der Waals surface area contributed by atoms with Gasteiger partial charge in [0.05, 0.1) is 12.2 Å². The summed E-state index contributed by atoms with van der Waals surface area (Å²) in [7, 11) is 5.73. The van der Waals surface area contributed by atoms with E-state index < -0.39 is 0 Å². The van der Waals surface area contributed by atoms with E-state index in [1.165, 1.54) is 10.9 Å². The van der Waals surface area contributed by atoms with Crippen molar-refractivity contribution in [2.75, 3.05) is 77.1 Å². The molecule has 1 fully saturated rings. The molecule has 1 unspecified atom stereocenters. The minimum absolute atomic E-state index is 0.0119. The SMILES string of the molecule is COCOc1cc(N2CCc3c(nc(OC(C)CN(C)C)nc3N3CCNCC3)C2)c2ccccc2c1. The summed E-state index contributed by atoms with van der Waals surface area (Å²) >= 11 is 0. The second kappa shape index (κ2) is 11.5. The molecule has 3 heterocycles. The first-order valence-electron chi connectivity index (χ1n) is 13.1. The maximum atomic E-state index is 6.24. The summed E-state index contributed by atoms with van der Waals surface area (Å²) in [5.41, 5.74) is 3.41. The average Bonchev–Trinajstić information content (AvgIpc) is 2.90. The van der Waals surface area contributed by atoms with Crippen LogP contribution in [0, 0.1) is 0 Å². The van der Waals surface area contributed by atoms with Gasteiger partial charge in [0.15, 0.2) is 6.79 Å². The van der Waals surface area contributed by atoms with Crippen LogP contribution < -0.4 is 24.6 Å². The van der Waals surface area contributed by atoms with Gasteiger partial charge in [-0.25, -0.2) is 0 Å². The third-order valence-corrected chi connectivity index (χ3v) is 6.87. The second-order valence-electron chi connectivity index (χ2n) is 10.1. The highest BCUT2D eigenvalue weighted by Gasteiger charge is 2.28. The Labute approximate surface area is 219 Å². The Morgan fingerprint density at radius 3 is 2.65 bits per heavy atom. The topological polar surface area (TPSA) is 75.2 Å². The summed E-state index contributed by atoms with van der Waals surface area (Å²) in [6, 6.07) is 13.1. The normalized spacial score (nSPS) is 16.7. The van der Waals surface area contributed by atoms with E-state index in [4.69, 9.17) is 24.2 Å². The Kier molecular flexibility index (Phi) is 7.93. The Morgan fingerprint density at radius 1 is 1.05 bits per heavy atom. The number of benzene rings is 2. The van der Waals surface area contributed by atoms with E-state index in [1.807, 2.05) is 14.1 Å². The van der Waals surface area contributed by atoms with Gasteiger partial charge in [0.2, 0.25) is 0 Å². The number of hydrogen-bond acceptors (Lipinski definition) is 9. The van der Waals surface area contributed by atoms with Gasteiger partial charge in [-0.15, -0.1) is 0 Å². The van der Waals surface area contributed by atoms with Crippen LogP contribution in [0.4, 0.5) is 11.5 Å². The Morgan fingerprint density at radius 2 is 1.86 bits per heavy atom. The highest BCUT2D eigenvalue weighted by molar-refractivity contribution is 5.95. The van der Waals surface area contributed by atoms with Crippen LogP contribution in [0.1, 0.15) is 18.2 Å². The molecular formula is C28H38N6O3. The monoisotopic (exact) mass is 506 g/mol. The number of nitrogens with one attached hydrogen (secondary N) is 1. The fourth-order valence-corrected chi connectivity index (χ4v) is 5.25. The van der Waals surface area contributed by atoms with Crippen LogP contribution >= 0.6 is 0 Å². The molecule has 1 aromatic heterocycles. The summed E-state index contributed by atoms with van der Waals surface area (Å²) in [5.74, 6) is 1.83. The molecule has 0 aliphatic carbocycles. The summed E-state index contributed by atoms with van der Waals surface area (Å²) in [6.45, 7) is 8.43. The zero-order valence-corrected chi connectivity index (χ0v) is 22.4. The number of hydrogen-bond donors (Lipinski definition) is 1. The zero-order valence-electron chi connectivity index (χ0n) is 22.4. The van der Waals surface area contributed by atoms with Gasteiger partial charge in [-0.05, 0) is 38.9 Å². The standard InChI is InChI=1S/C28H38N6O3/c1-20(17-32(2)3)37-28-30-25-18-34(12-9-24(25)27(31-28)33-13-10-29-11-14-33)26-16-22(36-19-35-4)15-21-7-5-6-8-23(21)26/h5-8,15-16,20,29H,9-14,17-19H2,1-4H3. The van der Waals surface area contributed by atoms with E-state index in [-0.39, 0.29) is 12.9 Å². The number of aromatic nitrogens is 2. The minimum atomic E-state index is -0.0119. The molecule has 9 heteroatoms. The quantitative estimate of drug-likeness (QED) is 0.441. The molecule has 0 saturated carbocycles. The van der Waals surface area contributed by atoms with E-state index in [1.54, 1.807) is 7.11 Å². The molecule has 2 aromatic carbocycles. The maximum absolute atomic E-state index is 6.24. The van der Waals surface area contributed by atoms with Gasteiger partial charge in [0, 0.05) is 69.1 Å². The van der Waals surface area contributed by atoms with Crippen molar-refractivity contribution in [1.29, 1.82) is 0 Å². The number of piperazine rings is 1. The molecule has 1 atom stereocenters. The molecule has 1 N–H and O–H groups in total. The van der Waals surface area contributed by atoms with E-state index in [0.717, 1.165) is 74.0 Å². The van der Waals surface area contributed by atoms with Gasteiger partial charge in [0.25, 0.3) is 0 Å². The van der Waals surface area contributed by atoms with Crippen molar-refractivity contribution in [1.82, 2.24) is 20.2 Å². The van der Waals surface area contributed by atoms with E-state index in [9.17, 15) is 0 Å². The molecule has 37 heavy (non-hydrogen) atoms. The van der Waals surface area contributed by atoms with Crippen molar-refractivity contribution in [3.8, 4) is 11.8 Å². The number of rotatable bonds is 9. The Hall–Kier alpha value is -3.14. The third kappa shape index (κ3) is 5.89. The lowest BCUT2D eigenvalue weighted by atomic mass is 10.0. The molecular weight excluding hydrogens is 468 g/mol. The van der Waals surface area contributed by atoms with Crippen LogP contribution in [-0.2, 0) is 17.7 Å². The first-order valence-corrected chi connectivity index (χ1v) is 13.1. The van der Waals surface area contributed by atoms with Gasteiger partial charge in [-0.3, -0.25) is 0 Å². The van der Waals surface area contributed by atoms with Crippen molar-refractivity contribution in [3.63, 3.8) is 0 Å². The highest BCUT2D eigenvalue weighted by atomic mass is 16.7. The molecule has 0 radical (unpaired) electrons. The number of likely N-dealkylation sites (N-methyl/N-ethyl adjacent to an activating group) is 1. The van der Waals surface area contributed by atoms with Crippen LogP contribution in [0.2, 0.25) is 0 Å². The molecule has 9 nitrogen and oxygen atoms in total. The molecule has 0 amide bonds. The summed E-state index contributed by atoms with van der Waals surface area (Å²) in [4.78, 5) is 16.8. The smallest absolute Gasteiger partial charge is 0.318 e. The van der Waals surface area contributed by atoms with Crippen molar-refractivity contribution in [2.24, 2.45) is 0 Å². The maximum Gasteiger partial charge on any atom is 0.318 e. The van der Waals surface area contributed by atoms with E-state index in [2.05, 4.69) is 63.3 Å². The van der Waals surface area contributed by atoms with Crippen molar-refractivity contribution < 1.29 is 14.2 Å². The van der Waals surface area contributed by atoms with Crippen molar-refractivity contribution >= 4 is 22.3 Å². The number of methoxy groups -OCH3 is 1. The number of ether oxygens (including phenoxy) is 3. The van der Waals surface area contributed by atoms with Gasteiger partial charge in [-0.2, -0.15) is 9.97 Å². The molecule has 3 aromatic rings. The van der Waals surface area contributed by atoms with Gasteiger partial charge < -0.3 is 34.2 Å². The second-order valence-corrected chi connectivity index (χ2v) is 10.1. The summed E-state index contributed by atoms with van der Waals surface area (Å²) < 4.78 is 17.2. The molecule has 2 aliphatic rings. The van der Waals surface area contributed by atoms with Crippen LogP contribution in [0.3, 0.4) is 0 Å². The lowest BCUT2D eigenvalue weighted by molar-refractivity contribution is 0.0512. The third-order valence-electron chi connectivity index (χ3n) is 6.87. The number of anilines is 2. The fraction of sp³-hybridized carbons (Fsp3) is 0.500. The van der Waals surface area contributed by atoms with Gasteiger partial charge >= 0.3 is 6.01 Å². The predicted octanol–water partition coefficient (Wildman–Crippen LogP) is 2.91. The molecule has 1 saturated heterocycles. The van der Waals surface area contributed by atoms with Crippen LogP contribution in [-0.4, -0.2) is 88.2 Å². The van der Waals surface area contributed by atoms with Gasteiger partial charge in [0.1, 0.15) is 17.7 Å². The lowest BCUT2D eigenvalue weighted by Gasteiger charge is -2.35. The van der Waals surface area contributed by atoms with Crippen LogP contribution in [0.5, 0.6) is 11.8 Å². The summed E-state index contributed by atoms with van der Waals surface area (Å²) in [6.07, 6.45) is 0.863. The minimum Gasteiger partial charge on any atom is -0.467 e. The molecule has 2 aliphatic heterocycles. The number of nitrogens with zero attached hydrogens (tertiary/aromatic N) is 5. The van der Waals surface area contributed by atoms with Gasteiger partial charge in [-0.1, -0.05) is 24.3 Å². The predicted molar refractivity (Wildman–Crippen MR) is 147 cm³/mol. The lowest BCUT2D eigenvalue weighted by Crippen LogP contribution is -2.45. The molecule has 0 bridgehead atoms. The van der Waals surface area contributed by atoms with E-state index in [0.29, 0.717) is 12.6 Å². The Bertz CT molecular complexity index is 1210. The highest BCUT2D eigenvalue weighted by Crippen LogP contribution is 2.36. The van der Waals surface area contributed by atoms with Crippen LogP contribution in [0.15, 0.2) is 36.4 Å². The summed E-state index contributed by atoms with van der Waals surface area (Å²) in [5, 5.41) is 5.79. The Balaban J connectivity index is 1.50.